The maximum atomic E-state index is 13.0. The van der Waals surface area contributed by atoms with Crippen LogP contribution in [0.4, 0.5) is 14.5 Å². The topological polar surface area (TPSA) is 81.2 Å². The number of halogens is 2. The van der Waals surface area contributed by atoms with E-state index in [1.54, 1.807) is 23.5 Å². The quantitative estimate of drug-likeness (QED) is 0.422. The number of fused-ring (bicyclic) bond motifs is 1. The normalized spacial score (nSPS) is 18.5. The summed E-state index contributed by atoms with van der Waals surface area (Å²) in [5.41, 5.74) is 0.393. The first-order valence-corrected chi connectivity index (χ1v) is 11.8. The van der Waals surface area contributed by atoms with Crippen LogP contribution in [-0.2, 0) is 4.74 Å². The van der Waals surface area contributed by atoms with Gasteiger partial charge in [0.25, 0.3) is 12.3 Å². The summed E-state index contributed by atoms with van der Waals surface area (Å²) >= 11 is 1.55. The highest BCUT2D eigenvalue weighted by molar-refractivity contribution is 7.18. The van der Waals surface area contributed by atoms with Crippen LogP contribution < -0.4 is 5.32 Å². The molecule has 1 amide bonds. The van der Waals surface area contributed by atoms with Gasteiger partial charge in [-0.1, -0.05) is 19.4 Å². The van der Waals surface area contributed by atoms with Crippen LogP contribution >= 0.6 is 11.3 Å². The molecule has 1 aromatic carbocycles. The summed E-state index contributed by atoms with van der Waals surface area (Å²) in [6.45, 7) is 2.23. The van der Waals surface area contributed by atoms with Crippen LogP contribution in [0.25, 0.3) is 10.2 Å². The molecular weight excluding hydrogens is 448 g/mol. The Bertz CT molecular complexity index is 1170. The van der Waals surface area contributed by atoms with Gasteiger partial charge in [0.2, 0.25) is 0 Å². The number of ether oxygens (including phenoxy) is 1. The number of hydrogen-bond donors (Lipinski definition) is 1. The van der Waals surface area contributed by atoms with Crippen LogP contribution in [-0.4, -0.2) is 29.0 Å². The summed E-state index contributed by atoms with van der Waals surface area (Å²) in [5, 5.41) is 3.67. The molecule has 4 rings (SSSR count). The van der Waals surface area contributed by atoms with Gasteiger partial charge in [0, 0.05) is 5.92 Å². The fraction of sp³-hybridized carbons (Fsp3) is 0.417. The zero-order valence-electron chi connectivity index (χ0n) is 18.4. The molecule has 174 valence electrons. The lowest BCUT2D eigenvalue weighted by Crippen LogP contribution is -2.17. The van der Waals surface area contributed by atoms with Crippen molar-refractivity contribution in [2.75, 3.05) is 12.4 Å². The van der Waals surface area contributed by atoms with Crippen molar-refractivity contribution >= 4 is 39.1 Å². The van der Waals surface area contributed by atoms with Crippen molar-refractivity contribution in [2.45, 2.75) is 51.4 Å². The highest BCUT2D eigenvalue weighted by atomic mass is 32.1. The number of carbonyl (C=O) groups is 2. The third-order valence-corrected chi connectivity index (χ3v) is 7.38. The summed E-state index contributed by atoms with van der Waals surface area (Å²) in [5.74, 6) is -0.143. The molecule has 0 spiro atoms. The van der Waals surface area contributed by atoms with E-state index in [0.717, 1.165) is 34.5 Å². The molecule has 1 aliphatic carbocycles. The number of anilines is 1. The van der Waals surface area contributed by atoms with E-state index in [2.05, 4.69) is 17.2 Å². The second-order valence-corrected chi connectivity index (χ2v) is 9.30. The van der Waals surface area contributed by atoms with Crippen molar-refractivity contribution in [3.63, 3.8) is 0 Å². The van der Waals surface area contributed by atoms with E-state index in [1.807, 2.05) is 0 Å². The minimum absolute atomic E-state index is 0.148. The smallest absolute Gasteiger partial charge is 0.340 e. The van der Waals surface area contributed by atoms with Gasteiger partial charge in [0.05, 0.1) is 33.6 Å². The third-order valence-electron chi connectivity index (χ3n) is 6.20. The Morgan fingerprint density at radius 2 is 1.94 bits per heavy atom. The van der Waals surface area contributed by atoms with Crippen molar-refractivity contribution in [1.82, 2.24) is 9.97 Å². The summed E-state index contributed by atoms with van der Waals surface area (Å²) < 4.78 is 31.6. The Kier molecular flexibility index (Phi) is 6.97. The van der Waals surface area contributed by atoms with Gasteiger partial charge in [-0.05, 0) is 55.9 Å². The van der Waals surface area contributed by atoms with Crippen LogP contribution in [0.5, 0.6) is 0 Å². The number of carbonyl (C=O) groups excluding carboxylic acids is 2. The van der Waals surface area contributed by atoms with Crippen molar-refractivity contribution in [2.24, 2.45) is 5.92 Å². The van der Waals surface area contributed by atoms with E-state index < -0.39 is 24.0 Å². The number of alkyl halides is 2. The molecule has 3 aromatic rings. The highest BCUT2D eigenvalue weighted by Crippen LogP contribution is 2.40. The molecule has 0 aliphatic heterocycles. The monoisotopic (exact) mass is 473 g/mol. The molecule has 0 unspecified atom stereocenters. The molecular formula is C24H25F2N3O3S. The number of benzene rings is 1. The zero-order chi connectivity index (χ0) is 23.5. The van der Waals surface area contributed by atoms with Gasteiger partial charge in [0.1, 0.15) is 11.4 Å². The standard InChI is InChI=1S/C24H25F2N3O3S/c1-3-13-7-9-14(10-8-13)23-29-19-11-15(24(31)32-2)18(12-20(19)33-23)28-22(30)17-6-4-5-16(27-17)21(25)26/h4-6,11-14,21H,3,7-10H2,1-2H3,(H,28,30). The number of rotatable bonds is 6. The lowest BCUT2D eigenvalue weighted by Gasteiger charge is -2.26. The Balaban J connectivity index is 1.64. The molecule has 1 saturated carbocycles. The fourth-order valence-corrected chi connectivity index (χ4v) is 5.41. The molecule has 1 N–H and O–H groups in total. The molecule has 2 aromatic heterocycles. The fourth-order valence-electron chi connectivity index (χ4n) is 4.25. The Morgan fingerprint density at radius 1 is 1.18 bits per heavy atom. The van der Waals surface area contributed by atoms with E-state index in [9.17, 15) is 18.4 Å². The molecule has 0 saturated heterocycles. The van der Waals surface area contributed by atoms with E-state index in [-0.39, 0.29) is 16.9 Å². The van der Waals surface area contributed by atoms with Crippen molar-refractivity contribution in [3.05, 3.63) is 52.3 Å². The number of esters is 1. The lowest BCUT2D eigenvalue weighted by atomic mass is 9.81. The van der Waals surface area contributed by atoms with Gasteiger partial charge in [-0.25, -0.2) is 23.5 Å². The lowest BCUT2D eigenvalue weighted by molar-refractivity contribution is 0.0602. The van der Waals surface area contributed by atoms with Crippen LogP contribution in [0.1, 0.15) is 82.9 Å². The number of aromatic nitrogens is 2. The largest absolute Gasteiger partial charge is 0.465 e. The van der Waals surface area contributed by atoms with Crippen LogP contribution in [0, 0.1) is 5.92 Å². The third kappa shape index (κ3) is 5.03. The van der Waals surface area contributed by atoms with Gasteiger partial charge in [-0.15, -0.1) is 11.3 Å². The van der Waals surface area contributed by atoms with Crippen molar-refractivity contribution in [3.8, 4) is 0 Å². The summed E-state index contributed by atoms with van der Waals surface area (Å²) in [6.07, 6.45) is 2.98. The Hall–Kier alpha value is -2.94. The van der Waals surface area contributed by atoms with Gasteiger partial charge < -0.3 is 10.1 Å². The number of hydrogen-bond acceptors (Lipinski definition) is 6. The van der Waals surface area contributed by atoms with Gasteiger partial charge in [-0.2, -0.15) is 0 Å². The zero-order valence-corrected chi connectivity index (χ0v) is 19.3. The molecule has 9 heteroatoms. The predicted molar refractivity (Wildman–Crippen MR) is 123 cm³/mol. The number of nitrogens with zero attached hydrogens (tertiary/aromatic N) is 2. The maximum absolute atomic E-state index is 13.0. The molecule has 2 heterocycles. The van der Waals surface area contributed by atoms with E-state index in [1.165, 1.54) is 38.5 Å². The number of nitrogens with one attached hydrogen (secondary N) is 1. The predicted octanol–water partition coefficient (Wildman–Crippen LogP) is 6.35. The summed E-state index contributed by atoms with van der Waals surface area (Å²) in [4.78, 5) is 33.6. The summed E-state index contributed by atoms with van der Waals surface area (Å²) in [6, 6.07) is 7.14. The number of thiazole rings is 1. The number of methoxy groups -OCH3 is 1. The van der Waals surface area contributed by atoms with Gasteiger partial charge >= 0.3 is 5.97 Å². The second-order valence-electron chi connectivity index (χ2n) is 8.24. The SMILES string of the molecule is CCC1CCC(c2nc3cc(C(=O)OC)c(NC(=O)c4cccc(C(F)F)n4)cc3s2)CC1. The maximum Gasteiger partial charge on any atom is 0.340 e. The van der Waals surface area contributed by atoms with Crippen molar-refractivity contribution < 1.29 is 23.1 Å². The molecule has 0 atom stereocenters. The highest BCUT2D eigenvalue weighted by Gasteiger charge is 2.25. The minimum Gasteiger partial charge on any atom is -0.465 e. The first kappa shape index (κ1) is 23.2. The van der Waals surface area contributed by atoms with Crippen LogP contribution in [0.15, 0.2) is 30.3 Å². The second kappa shape index (κ2) is 9.91. The van der Waals surface area contributed by atoms with Gasteiger partial charge in [0.15, 0.2) is 0 Å². The number of pyridine rings is 1. The van der Waals surface area contributed by atoms with E-state index in [0.29, 0.717) is 11.4 Å². The average Bonchev–Trinajstić information content (AvgIpc) is 3.26. The van der Waals surface area contributed by atoms with Crippen molar-refractivity contribution in [1.29, 1.82) is 0 Å². The molecule has 33 heavy (non-hydrogen) atoms. The molecule has 6 nitrogen and oxygen atoms in total. The first-order valence-electron chi connectivity index (χ1n) is 11.0. The van der Waals surface area contributed by atoms with Crippen LogP contribution in [0.2, 0.25) is 0 Å². The molecule has 0 radical (unpaired) electrons. The minimum atomic E-state index is -2.79. The molecule has 0 bridgehead atoms. The average molecular weight is 474 g/mol. The van der Waals surface area contributed by atoms with Gasteiger partial charge in [-0.3, -0.25) is 4.79 Å². The molecule has 1 fully saturated rings. The van der Waals surface area contributed by atoms with E-state index in [4.69, 9.17) is 9.72 Å². The Labute approximate surface area is 194 Å². The Morgan fingerprint density at radius 3 is 2.61 bits per heavy atom. The van der Waals surface area contributed by atoms with Crippen LogP contribution in [0.3, 0.4) is 0 Å². The summed E-state index contributed by atoms with van der Waals surface area (Å²) in [7, 11) is 1.25. The van der Waals surface area contributed by atoms with E-state index >= 15 is 0 Å². The molecule has 1 aliphatic rings. The first-order chi connectivity index (χ1) is 15.9. The number of amides is 1.